The highest BCUT2D eigenvalue weighted by Crippen LogP contribution is 2.08. The first-order valence-corrected chi connectivity index (χ1v) is 10.5. The van der Waals surface area contributed by atoms with Crippen LogP contribution in [0.5, 0.6) is 0 Å². The normalized spacial score (nSPS) is 18.4. The van der Waals surface area contributed by atoms with Gasteiger partial charge in [0.2, 0.25) is 11.8 Å². The zero-order chi connectivity index (χ0) is 17.3. The minimum atomic E-state index is -3.00. The summed E-state index contributed by atoms with van der Waals surface area (Å²) in [5.74, 6) is -0.281. The van der Waals surface area contributed by atoms with Crippen LogP contribution in [0.2, 0.25) is 0 Å². The molecular formula is C16H30N2O4S. The fraction of sp³-hybridized carbons (Fsp3) is 0.875. The smallest absolute Gasteiger partial charge is 0.244 e. The number of amides is 2. The number of sulfone groups is 1. The predicted octanol–water partition coefficient (Wildman–Crippen LogP) is 1.50. The lowest BCUT2D eigenvalue weighted by Crippen LogP contribution is -2.51. The fourth-order valence-corrected chi connectivity index (χ4v) is 3.85. The summed E-state index contributed by atoms with van der Waals surface area (Å²) in [5, 5.41) is 2.72. The number of rotatable bonds is 9. The molecule has 0 radical (unpaired) electrons. The molecule has 0 saturated carbocycles. The highest BCUT2D eigenvalue weighted by molar-refractivity contribution is 7.91. The van der Waals surface area contributed by atoms with Crippen LogP contribution in [0.4, 0.5) is 0 Å². The average Bonchev–Trinajstić information content (AvgIpc) is 2.50. The first-order valence-electron chi connectivity index (χ1n) is 8.64. The minimum Gasteiger partial charge on any atom is -0.345 e. The third-order valence-electron chi connectivity index (χ3n) is 4.16. The summed E-state index contributed by atoms with van der Waals surface area (Å²) in [6.07, 6.45) is 7.14. The second-order valence-corrected chi connectivity index (χ2v) is 8.59. The maximum absolute atomic E-state index is 12.2. The molecule has 0 aromatic carbocycles. The Hall–Kier alpha value is -1.11. The lowest BCUT2D eigenvalue weighted by Gasteiger charge is -2.29. The summed E-state index contributed by atoms with van der Waals surface area (Å²) in [7, 11) is -3.00. The molecule has 134 valence electrons. The molecule has 1 saturated heterocycles. The number of hydrogen-bond acceptors (Lipinski definition) is 4. The zero-order valence-corrected chi connectivity index (χ0v) is 15.2. The van der Waals surface area contributed by atoms with Crippen LogP contribution in [-0.2, 0) is 19.4 Å². The molecule has 1 heterocycles. The summed E-state index contributed by atoms with van der Waals surface area (Å²) < 4.78 is 22.7. The monoisotopic (exact) mass is 346 g/mol. The first kappa shape index (κ1) is 19.9. The van der Waals surface area contributed by atoms with Crippen LogP contribution in [0.3, 0.4) is 0 Å². The van der Waals surface area contributed by atoms with Crippen molar-refractivity contribution in [2.24, 2.45) is 0 Å². The van der Waals surface area contributed by atoms with Crippen molar-refractivity contribution in [2.45, 2.75) is 64.8 Å². The molecule has 1 unspecified atom stereocenters. The van der Waals surface area contributed by atoms with E-state index in [0.717, 1.165) is 19.3 Å². The second-order valence-electron chi connectivity index (χ2n) is 6.28. The number of nitrogens with zero attached hydrogens (tertiary/aromatic N) is 1. The molecule has 1 fully saturated rings. The molecule has 2 amide bonds. The molecule has 1 aliphatic heterocycles. The van der Waals surface area contributed by atoms with Gasteiger partial charge in [0.1, 0.15) is 6.04 Å². The standard InChI is InChI=1S/C16H30N2O4S/c1-3-4-5-6-7-8-9-15(19)17-14(2)16(20)18-10-12-23(21,22)13-11-18/h14H,3-13H2,1-2H3,(H,17,19). The molecule has 1 atom stereocenters. The van der Waals surface area contributed by atoms with Gasteiger partial charge in [0, 0.05) is 19.5 Å². The van der Waals surface area contributed by atoms with Gasteiger partial charge in [-0.2, -0.15) is 0 Å². The Balaban J connectivity index is 2.22. The van der Waals surface area contributed by atoms with Crippen LogP contribution in [0.1, 0.15) is 58.8 Å². The molecular weight excluding hydrogens is 316 g/mol. The quantitative estimate of drug-likeness (QED) is 0.641. The average molecular weight is 346 g/mol. The Morgan fingerprint density at radius 1 is 1.04 bits per heavy atom. The van der Waals surface area contributed by atoms with Crippen LogP contribution in [0.15, 0.2) is 0 Å². The molecule has 0 aliphatic carbocycles. The van der Waals surface area contributed by atoms with Gasteiger partial charge in [-0.15, -0.1) is 0 Å². The van der Waals surface area contributed by atoms with Gasteiger partial charge in [0.25, 0.3) is 0 Å². The molecule has 1 N–H and O–H groups in total. The van der Waals surface area contributed by atoms with Crippen LogP contribution in [0, 0.1) is 0 Å². The van der Waals surface area contributed by atoms with E-state index in [0.29, 0.717) is 6.42 Å². The lowest BCUT2D eigenvalue weighted by molar-refractivity contribution is -0.135. The summed E-state index contributed by atoms with van der Waals surface area (Å²) in [5.41, 5.74) is 0. The molecule has 0 spiro atoms. The van der Waals surface area contributed by atoms with Crippen molar-refractivity contribution < 1.29 is 18.0 Å². The second kappa shape index (κ2) is 9.90. The van der Waals surface area contributed by atoms with Crippen molar-refractivity contribution in [3.63, 3.8) is 0 Å². The Labute approximate surface area is 139 Å². The van der Waals surface area contributed by atoms with E-state index < -0.39 is 15.9 Å². The number of unbranched alkanes of at least 4 members (excludes halogenated alkanes) is 5. The van der Waals surface area contributed by atoms with E-state index in [2.05, 4.69) is 12.2 Å². The summed E-state index contributed by atoms with van der Waals surface area (Å²) >= 11 is 0. The van der Waals surface area contributed by atoms with Crippen molar-refractivity contribution in [3.8, 4) is 0 Å². The zero-order valence-electron chi connectivity index (χ0n) is 14.3. The van der Waals surface area contributed by atoms with Gasteiger partial charge in [0.05, 0.1) is 11.5 Å². The molecule has 7 heteroatoms. The van der Waals surface area contributed by atoms with E-state index in [-0.39, 0.29) is 36.4 Å². The maximum Gasteiger partial charge on any atom is 0.244 e. The SMILES string of the molecule is CCCCCCCCC(=O)NC(C)C(=O)N1CCS(=O)(=O)CC1. The fourth-order valence-electron chi connectivity index (χ4n) is 2.65. The third-order valence-corrected chi connectivity index (χ3v) is 5.77. The minimum absolute atomic E-state index is 0.0111. The number of nitrogens with one attached hydrogen (secondary N) is 1. The summed E-state index contributed by atoms with van der Waals surface area (Å²) in [6.45, 7) is 4.27. The molecule has 0 bridgehead atoms. The van der Waals surface area contributed by atoms with Gasteiger partial charge in [-0.3, -0.25) is 9.59 Å². The van der Waals surface area contributed by atoms with Crippen LogP contribution in [0.25, 0.3) is 0 Å². The first-order chi connectivity index (χ1) is 10.9. The van der Waals surface area contributed by atoms with Gasteiger partial charge in [0.15, 0.2) is 9.84 Å². The molecule has 1 aliphatic rings. The molecule has 23 heavy (non-hydrogen) atoms. The van der Waals surface area contributed by atoms with Gasteiger partial charge in [-0.1, -0.05) is 39.0 Å². The van der Waals surface area contributed by atoms with Gasteiger partial charge >= 0.3 is 0 Å². The van der Waals surface area contributed by atoms with Gasteiger partial charge < -0.3 is 10.2 Å². The Bertz CT molecular complexity index is 476. The van der Waals surface area contributed by atoms with E-state index >= 15 is 0 Å². The lowest BCUT2D eigenvalue weighted by atomic mass is 10.1. The number of hydrogen-bond donors (Lipinski definition) is 1. The van der Waals surface area contributed by atoms with E-state index in [9.17, 15) is 18.0 Å². The Kier molecular flexibility index (Phi) is 8.58. The van der Waals surface area contributed by atoms with Crippen molar-refractivity contribution in [2.75, 3.05) is 24.6 Å². The molecule has 1 rings (SSSR count). The highest BCUT2D eigenvalue weighted by atomic mass is 32.2. The molecule has 0 aromatic rings. The topological polar surface area (TPSA) is 83.6 Å². The Morgan fingerprint density at radius 3 is 2.22 bits per heavy atom. The van der Waals surface area contributed by atoms with Crippen molar-refractivity contribution >= 4 is 21.7 Å². The molecule has 0 aromatic heterocycles. The van der Waals surface area contributed by atoms with Gasteiger partial charge in [-0.05, 0) is 13.3 Å². The van der Waals surface area contributed by atoms with Crippen LogP contribution >= 0.6 is 0 Å². The predicted molar refractivity (Wildman–Crippen MR) is 90.8 cm³/mol. The van der Waals surface area contributed by atoms with E-state index in [1.165, 1.54) is 24.2 Å². The van der Waals surface area contributed by atoms with Crippen molar-refractivity contribution in [1.29, 1.82) is 0 Å². The Morgan fingerprint density at radius 2 is 1.61 bits per heavy atom. The van der Waals surface area contributed by atoms with E-state index in [1.54, 1.807) is 6.92 Å². The number of carbonyl (C=O) groups excluding carboxylic acids is 2. The van der Waals surface area contributed by atoms with Crippen LogP contribution in [-0.4, -0.2) is 55.8 Å². The van der Waals surface area contributed by atoms with Gasteiger partial charge in [-0.25, -0.2) is 8.42 Å². The maximum atomic E-state index is 12.2. The largest absolute Gasteiger partial charge is 0.345 e. The van der Waals surface area contributed by atoms with E-state index in [4.69, 9.17) is 0 Å². The van der Waals surface area contributed by atoms with Crippen molar-refractivity contribution in [3.05, 3.63) is 0 Å². The van der Waals surface area contributed by atoms with Crippen LogP contribution < -0.4 is 5.32 Å². The van der Waals surface area contributed by atoms with Crippen molar-refractivity contribution in [1.82, 2.24) is 10.2 Å². The third kappa shape index (κ3) is 7.81. The highest BCUT2D eigenvalue weighted by Gasteiger charge is 2.28. The number of carbonyl (C=O) groups is 2. The van der Waals surface area contributed by atoms with E-state index in [1.807, 2.05) is 0 Å². The summed E-state index contributed by atoms with van der Waals surface area (Å²) in [4.78, 5) is 25.6. The molecule has 6 nitrogen and oxygen atoms in total. The summed E-state index contributed by atoms with van der Waals surface area (Å²) in [6, 6.07) is -0.594.